The number of rotatable bonds is 10. The maximum absolute atomic E-state index is 13.9. The molecule has 2 atom stereocenters. The van der Waals surface area contributed by atoms with Crippen LogP contribution in [0.15, 0.2) is 83.3 Å². The SMILES string of the molecule is CSN(C)c1cc(CNC(c2ccccc2)C(F)(F)F)cc(-c2nnc([C@](C)(N)Cc3ccccc3)o2)c1. The van der Waals surface area contributed by atoms with E-state index >= 15 is 0 Å². The van der Waals surface area contributed by atoms with Gasteiger partial charge in [0, 0.05) is 31.1 Å². The van der Waals surface area contributed by atoms with E-state index in [2.05, 4.69) is 15.5 Å². The minimum absolute atomic E-state index is 0.0221. The monoisotopic (exact) mass is 541 g/mol. The third-order valence-corrected chi connectivity index (χ3v) is 6.92. The molecular weight excluding hydrogens is 511 g/mol. The number of hydrogen-bond acceptors (Lipinski definition) is 7. The average Bonchev–Trinajstić information content (AvgIpc) is 3.40. The maximum Gasteiger partial charge on any atom is 0.407 e. The van der Waals surface area contributed by atoms with Crippen molar-refractivity contribution >= 4 is 17.6 Å². The van der Waals surface area contributed by atoms with Crippen LogP contribution in [0.4, 0.5) is 18.9 Å². The number of nitrogens with two attached hydrogens (primary N) is 1. The Balaban J connectivity index is 1.62. The number of nitrogens with one attached hydrogen (secondary N) is 1. The van der Waals surface area contributed by atoms with Crippen molar-refractivity contribution in [2.45, 2.75) is 37.6 Å². The summed E-state index contributed by atoms with van der Waals surface area (Å²) in [4.78, 5) is 0. The molecule has 0 saturated carbocycles. The third-order valence-electron chi connectivity index (χ3n) is 6.16. The second-order valence-electron chi connectivity index (χ2n) is 9.33. The number of halogens is 3. The summed E-state index contributed by atoms with van der Waals surface area (Å²) in [5.74, 6) is 0.527. The Morgan fingerprint density at radius 3 is 2.26 bits per heavy atom. The van der Waals surface area contributed by atoms with Gasteiger partial charge < -0.3 is 14.5 Å². The molecule has 1 aromatic heterocycles. The highest BCUT2D eigenvalue weighted by Gasteiger charge is 2.40. The lowest BCUT2D eigenvalue weighted by Crippen LogP contribution is -2.35. The summed E-state index contributed by atoms with van der Waals surface area (Å²) in [7, 11) is 1.87. The summed E-state index contributed by atoms with van der Waals surface area (Å²) in [5, 5.41) is 11.1. The van der Waals surface area contributed by atoms with Crippen LogP contribution < -0.4 is 15.4 Å². The maximum atomic E-state index is 13.9. The van der Waals surface area contributed by atoms with E-state index in [4.69, 9.17) is 10.2 Å². The average molecular weight is 542 g/mol. The largest absolute Gasteiger partial charge is 0.419 e. The number of benzene rings is 3. The fraction of sp³-hybridized carbons (Fsp3) is 0.286. The van der Waals surface area contributed by atoms with Crippen LogP contribution in [0.25, 0.3) is 11.5 Å². The highest BCUT2D eigenvalue weighted by molar-refractivity contribution is 7.99. The summed E-state index contributed by atoms with van der Waals surface area (Å²) in [6.45, 7) is 1.80. The van der Waals surface area contributed by atoms with E-state index in [0.717, 1.165) is 11.3 Å². The molecule has 1 heterocycles. The standard InChI is InChI=1S/C28H30F3N5OS/c1-27(32,17-19-10-6-4-7-11-19)26-35-34-25(37-26)22-14-20(15-23(16-22)36(2)38-3)18-33-24(28(29,30)31)21-12-8-5-9-13-21/h4-16,24,33H,17-18,32H2,1-3H3/t24?,27-/m1/s1. The van der Waals surface area contributed by atoms with Gasteiger partial charge in [0.15, 0.2) is 0 Å². The van der Waals surface area contributed by atoms with Crippen molar-refractivity contribution in [1.82, 2.24) is 15.5 Å². The molecule has 0 aliphatic rings. The Hall–Kier alpha value is -3.34. The molecule has 0 amide bonds. The fourth-order valence-corrected chi connectivity index (χ4v) is 4.46. The van der Waals surface area contributed by atoms with Gasteiger partial charge in [0.25, 0.3) is 0 Å². The molecule has 200 valence electrons. The van der Waals surface area contributed by atoms with Crippen LogP contribution in [0.1, 0.15) is 35.5 Å². The molecule has 0 saturated heterocycles. The van der Waals surface area contributed by atoms with Gasteiger partial charge in [-0.3, -0.25) is 5.32 Å². The lowest BCUT2D eigenvalue weighted by molar-refractivity contribution is -0.158. The molecule has 0 radical (unpaired) electrons. The first-order valence-corrected chi connectivity index (χ1v) is 13.2. The first kappa shape index (κ1) is 27.7. The van der Waals surface area contributed by atoms with Gasteiger partial charge in [-0.15, -0.1) is 10.2 Å². The molecule has 10 heteroatoms. The topological polar surface area (TPSA) is 80.2 Å². The Morgan fingerprint density at radius 1 is 0.974 bits per heavy atom. The van der Waals surface area contributed by atoms with E-state index in [0.29, 0.717) is 17.5 Å². The zero-order chi connectivity index (χ0) is 27.3. The van der Waals surface area contributed by atoms with Crippen LogP contribution in [-0.4, -0.2) is 29.7 Å². The number of aromatic nitrogens is 2. The van der Waals surface area contributed by atoms with E-state index in [1.165, 1.54) is 24.1 Å². The van der Waals surface area contributed by atoms with Crippen LogP contribution in [0.2, 0.25) is 0 Å². The Bertz CT molecular complexity index is 1330. The lowest BCUT2D eigenvalue weighted by Gasteiger charge is -2.23. The summed E-state index contributed by atoms with van der Waals surface area (Å²) in [5.41, 5.74) is 8.85. The summed E-state index contributed by atoms with van der Waals surface area (Å²) < 4.78 is 49.5. The lowest BCUT2D eigenvalue weighted by atomic mass is 9.94. The molecule has 0 aliphatic heterocycles. The minimum Gasteiger partial charge on any atom is -0.419 e. The Morgan fingerprint density at radius 2 is 1.63 bits per heavy atom. The number of nitrogens with zero attached hydrogens (tertiary/aromatic N) is 3. The van der Waals surface area contributed by atoms with Gasteiger partial charge in [-0.1, -0.05) is 72.6 Å². The summed E-state index contributed by atoms with van der Waals surface area (Å²) in [6, 6.07) is 21.2. The Kier molecular flexibility index (Phi) is 8.44. The molecule has 0 bridgehead atoms. The highest BCUT2D eigenvalue weighted by Crippen LogP contribution is 2.34. The van der Waals surface area contributed by atoms with Crippen molar-refractivity contribution in [3.05, 3.63) is 101 Å². The first-order chi connectivity index (χ1) is 18.1. The van der Waals surface area contributed by atoms with Gasteiger partial charge in [-0.25, -0.2) is 0 Å². The van der Waals surface area contributed by atoms with E-state index in [-0.39, 0.29) is 23.9 Å². The molecule has 3 N–H and O–H groups in total. The third kappa shape index (κ3) is 6.75. The zero-order valence-corrected chi connectivity index (χ0v) is 22.2. The van der Waals surface area contributed by atoms with E-state index < -0.39 is 17.8 Å². The second kappa shape index (κ2) is 11.6. The molecular formula is C28H30F3N5OS. The van der Waals surface area contributed by atoms with Crippen molar-refractivity contribution in [2.75, 3.05) is 17.6 Å². The van der Waals surface area contributed by atoms with Crippen LogP contribution in [0, 0.1) is 0 Å². The van der Waals surface area contributed by atoms with Crippen molar-refractivity contribution in [3.8, 4) is 11.5 Å². The van der Waals surface area contributed by atoms with Gasteiger partial charge in [-0.2, -0.15) is 13.2 Å². The van der Waals surface area contributed by atoms with Crippen molar-refractivity contribution in [2.24, 2.45) is 5.73 Å². The van der Waals surface area contributed by atoms with Gasteiger partial charge in [-0.05, 0) is 48.2 Å². The number of alkyl halides is 3. The van der Waals surface area contributed by atoms with Crippen LogP contribution in [0.3, 0.4) is 0 Å². The second-order valence-corrected chi connectivity index (χ2v) is 10.2. The molecule has 4 aromatic rings. The molecule has 0 aliphatic carbocycles. The number of anilines is 1. The van der Waals surface area contributed by atoms with Gasteiger partial charge in [0.2, 0.25) is 11.8 Å². The molecule has 0 spiro atoms. The Labute approximate surface area is 224 Å². The highest BCUT2D eigenvalue weighted by atomic mass is 32.2. The fourth-order valence-electron chi connectivity index (χ4n) is 4.14. The normalized spacial score (nSPS) is 14.2. The molecule has 0 fully saturated rings. The van der Waals surface area contributed by atoms with E-state index in [9.17, 15) is 13.2 Å². The predicted molar refractivity (Wildman–Crippen MR) is 145 cm³/mol. The number of hydrogen-bond donors (Lipinski definition) is 2. The quantitative estimate of drug-likeness (QED) is 0.229. The molecule has 38 heavy (non-hydrogen) atoms. The summed E-state index contributed by atoms with van der Waals surface area (Å²) >= 11 is 1.47. The van der Waals surface area contributed by atoms with Crippen molar-refractivity contribution in [3.63, 3.8) is 0 Å². The molecule has 3 aromatic carbocycles. The molecule has 1 unspecified atom stereocenters. The molecule has 6 nitrogen and oxygen atoms in total. The predicted octanol–water partition coefficient (Wildman–Crippen LogP) is 6.26. The van der Waals surface area contributed by atoms with Crippen molar-refractivity contribution < 1.29 is 17.6 Å². The van der Waals surface area contributed by atoms with E-state index in [1.807, 2.05) is 67.0 Å². The minimum atomic E-state index is -4.45. The molecule has 4 rings (SSSR count). The van der Waals surface area contributed by atoms with Crippen LogP contribution in [-0.2, 0) is 18.5 Å². The van der Waals surface area contributed by atoms with Gasteiger partial charge in [0.05, 0.1) is 5.54 Å². The summed E-state index contributed by atoms with van der Waals surface area (Å²) in [6.07, 6.45) is -2.05. The van der Waals surface area contributed by atoms with Crippen LogP contribution >= 0.6 is 11.9 Å². The van der Waals surface area contributed by atoms with Crippen LogP contribution in [0.5, 0.6) is 0 Å². The smallest absolute Gasteiger partial charge is 0.407 e. The first-order valence-electron chi connectivity index (χ1n) is 12.0. The van der Waals surface area contributed by atoms with Crippen molar-refractivity contribution in [1.29, 1.82) is 0 Å². The van der Waals surface area contributed by atoms with Gasteiger partial charge in [0.1, 0.15) is 6.04 Å². The van der Waals surface area contributed by atoms with Gasteiger partial charge >= 0.3 is 6.18 Å². The zero-order valence-electron chi connectivity index (χ0n) is 21.4. The van der Waals surface area contributed by atoms with E-state index in [1.54, 1.807) is 24.3 Å².